The van der Waals surface area contributed by atoms with Gasteiger partial charge in [0.05, 0.1) is 23.6 Å². The molecular formula is C27H23NO6S. The number of carbonyl (C=O) groups excluding carboxylic acids is 2. The fourth-order valence-corrected chi connectivity index (χ4v) is 4.30. The summed E-state index contributed by atoms with van der Waals surface area (Å²) in [4.78, 5) is 37.9. The second kappa shape index (κ2) is 10.9. The standard InChI is InChI=1S/C27H23NO6S/c1-2-33-23-14-20(10-13-22(23)34-17-19-8-11-21(12-9-19)26(30)31)15-24-25(29)28(27(32)35-24)16-18-6-4-3-5-7-18/h3-15H,2,16-17H2,1H3,(H,30,31)/b24-15+. The van der Waals surface area contributed by atoms with Crippen molar-refractivity contribution < 1.29 is 29.0 Å². The molecule has 3 aromatic carbocycles. The number of benzene rings is 3. The highest BCUT2D eigenvalue weighted by molar-refractivity contribution is 8.18. The summed E-state index contributed by atoms with van der Waals surface area (Å²) in [7, 11) is 0. The van der Waals surface area contributed by atoms with E-state index >= 15 is 0 Å². The summed E-state index contributed by atoms with van der Waals surface area (Å²) in [5.41, 5.74) is 2.61. The molecule has 1 N–H and O–H groups in total. The smallest absolute Gasteiger partial charge is 0.335 e. The lowest BCUT2D eigenvalue weighted by atomic mass is 10.1. The van der Waals surface area contributed by atoms with Crippen LogP contribution < -0.4 is 9.47 Å². The van der Waals surface area contributed by atoms with Crippen LogP contribution in [0.15, 0.2) is 77.7 Å². The van der Waals surface area contributed by atoms with E-state index in [2.05, 4.69) is 0 Å². The number of hydrogen-bond donors (Lipinski definition) is 1. The third-order valence-corrected chi connectivity index (χ3v) is 6.13. The van der Waals surface area contributed by atoms with Crippen LogP contribution in [0.2, 0.25) is 0 Å². The Morgan fingerprint density at radius 3 is 2.37 bits per heavy atom. The first-order valence-electron chi connectivity index (χ1n) is 11.0. The van der Waals surface area contributed by atoms with Crippen LogP contribution in [-0.4, -0.2) is 33.7 Å². The Labute approximate surface area is 207 Å². The Morgan fingerprint density at radius 1 is 0.943 bits per heavy atom. The van der Waals surface area contributed by atoms with Gasteiger partial charge in [-0.3, -0.25) is 14.5 Å². The monoisotopic (exact) mass is 489 g/mol. The average Bonchev–Trinajstić information content (AvgIpc) is 3.12. The number of amides is 2. The van der Waals surface area contributed by atoms with Gasteiger partial charge < -0.3 is 14.6 Å². The molecule has 0 radical (unpaired) electrons. The summed E-state index contributed by atoms with van der Waals surface area (Å²) >= 11 is 0.915. The molecule has 0 bridgehead atoms. The Morgan fingerprint density at radius 2 is 1.69 bits per heavy atom. The topological polar surface area (TPSA) is 93.1 Å². The lowest BCUT2D eigenvalue weighted by Crippen LogP contribution is -2.27. The van der Waals surface area contributed by atoms with Crippen LogP contribution in [-0.2, 0) is 17.9 Å². The molecule has 0 aliphatic carbocycles. The van der Waals surface area contributed by atoms with E-state index < -0.39 is 5.97 Å². The van der Waals surface area contributed by atoms with Crippen molar-refractivity contribution in [2.45, 2.75) is 20.1 Å². The Bertz CT molecular complexity index is 1270. The predicted molar refractivity (Wildman–Crippen MR) is 133 cm³/mol. The van der Waals surface area contributed by atoms with Crippen LogP contribution in [0.25, 0.3) is 6.08 Å². The van der Waals surface area contributed by atoms with Gasteiger partial charge in [-0.2, -0.15) is 0 Å². The number of thioether (sulfide) groups is 1. The number of ether oxygens (including phenoxy) is 2. The SMILES string of the molecule is CCOc1cc(/C=C2/SC(=O)N(Cc3ccccc3)C2=O)ccc1OCc1ccc(C(=O)O)cc1. The lowest BCUT2D eigenvalue weighted by Gasteiger charge is -2.13. The minimum atomic E-state index is -0.982. The van der Waals surface area contributed by atoms with Crippen LogP contribution in [0.3, 0.4) is 0 Å². The van der Waals surface area contributed by atoms with E-state index in [0.29, 0.717) is 28.6 Å². The fraction of sp³-hybridized carbons (Fsp3) is 0.148. The molecule has 178 valence electrons. The van der Waals surface area contributed by atoms with E-state index in [0.717, 1.165) is 22.9 Å². The zero-order valence-corrected chi connectivity index (χ0v) is 19.8. The van der Waals surface area contributed by atoms with Crippen molar-refractivity contribution in [3.05, 3.63) is 100.0 Å². The van der Waals surface area contributed by atoms with Crippen molar-refractivity contribution in [3.63, 3.8) is 0 Å². The van der Waals surface area contributed by atoms with Gasteiger partial charge in [0, 0.05) is 0 Å². The highest BCUT2D eigenvalue weighted by Crippen LogP contribution is 2.35. The minimum Gasteiger partial charge on any atom is -0.490 e. The summed E-state index contributed by atoms with van der Waals surface area (Å²) in [5.74, 6) is -0.285. The number of carbonyl (C=O) groups is 3. The molecule has 3 aromatic rings. The van der Waals surface area contributed by atoms with Crippen molar-refractivity contribution >= 4 is 35.0 Å². The molecule has 0 aromatic heterocycles. The number of aromatic carboxylic acids is 1. The summed E-state index contributed by atoms with van der Waals surface area (Å²) in [5, 5.41) is 8.72. The summed E-state index contributed by atoms with van der Waals surface area (Å²) < 4.78 is 11.6. The Hall–Kier alpha value is -4.04. The molecule has 8 heteroatoms. The zero-order valence-electron chi connectivity index (χ0n) is 19.0. The Kier molecular flexibility index (Phi) is 7.52. The van der Waals surface area contributed by atoms with E-state index in [1.54, 1.807) is 36.4 Å². The van der Waals surface area contributed by atoms with E-state index in [1.165, 1.54) is 17.0 Å². The number of carboxylic acid groups (broad SMARTS) is 1. The maximum Gasteiger partial charge on any atom is 0.335 e. The van der Waals surface area contributed by atoms with E-state index in [1.807, 2.05) is 37.3 Å². The highest BCUT2D eigenvalue weighted by Gasteiger charge is 2.35. The largest absolute Gasteiger partial charge is 0.490 e. The van der Waals surface area contributed by atoms with Crippen LogP contribution in [0.4, 0.5) is 4.79 Å². The summed E-state index contributed by atoms with van der Waals surface area (Å²) in [6.45, 7) is 2.74. The van der Waals surface area contributed by atoms with Gasteiger partial charge in [-0.15, -0.1) is 0 Å². The number of nitrogens with zero attached hydrogens (tertiary/aromatic N) is 1. The third kappa shape index (κ3) is 5.91. The molecule has 0 spiro atoms. The second-order valence-corrected chi connectivity index (χ2v) is 8.68. The van der Waals surface area contributed by atoms with Crippen LogP contribution in [0, 0.1) is 0 Å². The zero-order chi connectivity index (χ0) is 24.8. The first-order valence-corrected chi connectivity index (χ1v) is 11.8. The predicted octanol–water partition coefficient (Wildman–Crippen LogP) is 5.60. The van der Waals surface area contributed by atoms with Gasteiger partial charge in [0.25, 0.3) is 11.1 Å². The molecule has 7 nitrogen and oxygen atoms in total. The van der Waals surface area contributed by atoms with Crippen molar-refractivity contribution in [3.8, 4) is 11.5 Å². The van der Waals surface area contributed by atoms with Gasteiger partial charge in [-0.1, -0.05) is 48.5 Å². The van der Waals surface area contributed by atoms with Crippen molar-refractivity contribution in [2.75, 3.05) is 6.61 Å². The van der Waals surface area contributed by atoms with E-state index in [4.69, 9.17) is 14.6 Å². The molecule has 0 atom stereocenters. The van der Waals surface area contributed by atoms with Gasteiger partial charge in [-0.05, 0) is 65.7 Å². The summed E-state index contributed by atoms with van der Waals surface area (Å²) in [6, 6.07) is 21.1. The molecule has 4 rings (SSSR count). The first kappa shape index (κ1) is 24.1. The third-order valence-electron chi connectivity index (χ3n) is 5.22. The molecule has 1 saturated heterocycles. The van der Waals surface area contributed by atoms with Crippen molar-refractivity contribution in [2.24, 2.45) is 0 Å². The molecule has 1 fully saturated rings. The van der Waals surface area contributed by atoms with E-state index in [9.17, 15) is 14.4 Å². The van der Waals surface area contributed by atoms with Crippen molar-refractivity contribution in [1.29, 1.82) is 0 Å². The maximum atomic E-state index is 12.9. The van der Waals surface area contributed by atoms with Gasteiger partial charge in [-0.25, -0.2) is 4.79 Å². The van der Waals surface area contributed by atoms with Crippen LogP contribution >= 0.6 is 11.8 Å². The normalized spacial score (nSPS) is 14.4. The maximum absolute atomic E-state index is 12.9. The molecule has 35 heavy (non-hydrogen) atoms. The second-order valence-electron chi connectivity index (χ2n) is 7.68. The molecule has 1 aliphatic heterocycles. The first-order chi connectivity index (χ1) is 16.9. The van der Waals surface area contributed by atoms with Gasteiger partial charge >= 0.3 is 5.97 Å². The van der Waals surface area contributed by atoms with Crippen molar-refractivity contribution in [1.82, 2.24) is 4.90 Å². The quantitative estimate of drug-likeness (QED) is 0.391. The van der Waals surface area contributed by atoms with E-state index in [-0.39, 0.29) is 29.9 Å². The van der Waals surface area contributed by atoms with Gasteiger partial charge in [0.2, 0.25) is 0 Å². The lowest BCUT2D eigenvalue weighted by molar-refractivity contribution is -0.123. The number of imide groups is 1. The summed E-state index contributed by atoms with van der Waals surface area (Å²) in [6.07, 6.45) is 1.67. The fourth-order valence-electron chi connectivity index (χ4n) is 3.46. The number of hydrogen-bond acceptors (Lipinski definition) is 6. The molecule has 0 unspecified atom stereocenters. The number of rotatable bonds is 9. The van der Waals surface area contributed by atoms with Crippen LogP contribution in [0.5, 0.6) is 11.5 Å². The van der Waals surface area contributed by atoms with Gasteiger partial charge in [0.1, 0.15) is 6.61 Å². The minimum absolute atomic E-state index is 0.210. The molecule has 1 aliphatic rings. The van der Waals surface area contributed by atoms with Gasteiger partial charge in [0.15, 0.2) is 11.5 Å². The molecule has 1 heterocycles. The molecule has 0 saturated carbocycles. The van der Waals surface area contributed by atoms with Crippen LogP contribution in [0.1, 0.15) is 34.0 Å². The molecule has 2 amide bonds. The Balaban J connectivity index is 1.48. The molecular weight excluding hydrogens is 466 g/mol. The average molecular weight is 490 g/mol. The highest BCUT2D eigenvalue weighted by atomic mass is 32.2. The number of carboxylic acids is 1.